The molecule has 0 radical (unpaired) electrons. The highest BCUT2D eigenvalue weighted by Crippen LogP contribution is 2.17. The van der Waals surface area contributed by atoms with Gasteiger partial charge >= 0.3 is 0 Å². The normalized spacial score (nSPS) is 13.7. The molecule has 1 aromatic carbocycles. The molecule has 96 valence electrons. The minimum atomic E-state index is -3.28. The van der Waals surface area contributed by atoms with Crippen molar-refractivity contribution in [1.29, 1.82) is 0 Å². The molecule has 0 aliphatic rings. The van der Waals surface area contributed by atoms with Gasteiger partial charge in [-0.3, -0.25) is 4.72 Å². The molecule has 2 N–H and O–H groups in total. The van der Waals surface area contributed by atoms with Gasteiger partial charge in [-0.15, -0.1) is 0 Å². The second-order valence-corrected chi connectivity index (χ2v) is 6.34. The van der Waals surface area contributed by atoms with Gasteiger partial charge in [0.25, 0.3) is 0 Å². The zero-order valence-electron chi connectivity index (χ0n) is 10.3. The van der Waals surface area contributed by atoms with E-state index in [1.165, 1.54) is 0 Å². The largest absolute Gasteiger partial charge is 0.389 e. The standard InChI is InChI=1S/C12H19NO3S/c1-9(2)8-17(15,16)13-12-6-4-11(5-7-12)10(3)14/h4-7,9-10,13-14H,8H2,1-3H3. The van der Waals surface area contributed by atoms with Crippen LogP contribution in [0.5, 0.6) is 0 Å². The van der Waals surface area contributed by atoms with E-state index in [1.807, 2.05) is 13.8 Å². The average Bonchev–Trinajstić information content (AvgIpc) is 2.15. The molecule has 17 heavy (non-hydrogen) atoms. The summed E-state index contributed by atoms with van der Waals surface area (Å²) in [6.45, 7) is 5.38. The zero-order valence-corrected chi connectivity index (χ0v) is 11.2. The van der Waals surface area contributed by atoms with Gasteiger partial charge in [0, 0.05) is 5.69 Å². The van der Waals surface area contributed by atoms with E-state index in [4.69, 9.17) is 0 Å². The van der Waals surface area contributed by atoms with E-state index in [2.05, 4.69) is 4.72 Å². The smallest absolute Gasteiger partial charge is 0.232 e. The maximum atomic E-state index is 11.7. The number of anilines is 1. The third kappa shape index (κ3) is 4.75. The van der Waals surface area contributed by atoms with Crippen molar-refractivity contribution in [3.63, 3.8) is 0 Å². The Morgan fingerprint density at radius 1 is 1.18 bits per heavy atom. The third-order valence-electron chi connectivity index (χ3n) is 2.22. The first-order valence-corrected chi connectivity index (χ1v) is 7.24. The van der Waals surface area contributed by atoms with Gasteiger partial charge in [0.15, 0.2) is 0 Å². The van der Waals surface area contributed by atoms with Crippen LogP contribution in [0.2, 0.25) is 0 Å². The van der Waals surface area contributed by atoms with E-state index < -0.39 is 16.1 Å². The summed E-state index contributed by atoms with van der Waals surface area (Å²) in [6.07, 6.45) is -0.545. The number of hydrogen-bond donors (Lipinski definition) is 2. The Morgan fingerprint density at radius 3 is 2.12 bits per heavy atom. The SMILES string of the molecule is CC(C)CS(=O)(=O)Nc1ccc(C(C)O)cc1. The lowest BCUT2D eigenvalue weighted by molar-refractivity contribution is 0.199. The summed E-state index contributed by atoms with van der Waals surface area (Å²) in [6, 6.07) is 6.72. The van der Waals surface area contributed by atoms with Crippen molar-refractivity contribution in [2.45, 2.75) is 26.9 Å². The summed E-state index contributed by atoms with van der Waals surface area (Å²) >= 11 is 0. The summed E-state index contributed by atoms with van der Waals surface area (Å²) in [5.74, 6) is 0.190. The summed E-state index contributed by atoms with van der Waals surface area (Å²) in [7, 11) is -3.28. The molecule has 1 aromatic rings. The molecule has 1 unspecified atom stereocenters. The molecule has 0 aliphatic heterocycles. The summed E-state index contributed by atoms with van der Waals surface area (Å²) in [5.41, 5.74) is 1.28. The average molecular weight is 257 g/mol. The Bertz CT molecular complexity index is 449. The quantitative estimate of drug-likeness (QED) is 0.849. The Kier molecular flexibility index (Phi) is 4.54. The number of benzene rings is 1. The molecule has 0 fully saturated rings. The number of aliphatic hydroxyl groups is 1. The van der Waals surface area contributed by atoms with Gasteiger partial charge in [0.1, 0.15) is 0 Å². The molecule has 1 atom stereocenters. The number of sulfonamides is 1. The molecule has 0 saturated carbocycles. The Balaban J connectivity index is 2.76. The van der Waals surface area contributed by atoms with Crippen LogP contribution >= 0.6 is 0 Å². The lowest BCUT2D eigenvalue weighted by Gasteiger charge is -2.11. The zero-order chi connectivity index (χ0) is 13.1. The first kappa shape index (κ1) is 14.0. The van der Waals surface area contributed by atoms with Gasteiger partial charge < -0.3 is 5.11 Å². The Labute approximate surface area is 103 Å². The number of hydrogen-bond acceptors (Lipinski definition) is 3. The van der Waals surface area contributed by atoms with Crippen LogP contribution < -0.4 is 4.72 Å². The van der Waals surface area contributed by atoms with Crippen LogP contribution in [0.3, 0.4) is 0 Å². The maximum Gasteiger partial charge on any atom is 0.232 e. The van der Waals surface area contributed by atoms with Crippen LogP contribution in [-0.4, -0.2) is 19.3 Å². The van der Waals surface area contributed by atoms with E-state index in [0.717, 1.165) is 5.56 Å². The maximum absolute atomic E-state index is 11.7. The van der Waals surface area contributed by atoms with Gasteiger partial charge in [-0.2, -0.15) is 0 Å². The highest BCUT2D eigenvalue weighted by molar-refractivity contribution is 7.92. The molecular weight excluding hydrogens is 238 g/mol. The summed E-state index contributed by atoms with van der Waals surface area (Å²) in [4.78, 5) is 0. The molecule has 0 amide bonds. The van der Waals surface area contributed by atoms with Crippen LogP contribution in [0.15, 0.2) is 24.3 Å². The van der Waals surface area contributed by atoms with Crippen molar-refractivity contribution < 1.29 is 13.5 Å². The number of aliphatic hydroxyl groups excluding tert-OH is 1. The van der Waals surface area contributed by atoms with Crippen molar-refractivity contribution in [3.05, 3.63) is 29.8 Å². The van der Waals surface area contributed by atoms with Crippen molar-refractivity contribution in [2.24, 2.45) is 5.92 Å². The van der Waals surface area contributed by atoms with Gasteiger partial charge in [-0.1, -0.05) is 26.0 Å². The highest BCUT2D eigenvalue weighted by Gasteiger charge is 2.12. The van der Waals surface area contributed by atoms with Gasteiger partial charge in [-0.25, -0.2) is 8.42 Å². The Hall–Kier alpha value is -1.07. The van der Waals surface area contributed by atoms with Crippen LogP contribution in [0.1, 0.15) is 32.4 Å². The first-order chi connectivity index (χ1) is 7.80. The van der Waals surface area contributed by atoms with E-state index in [9.17, 15) is 13.5 Å². The van der Waals surface area contributed by atoms with Crippen LogP contribution in [0.25, 0.3) is 0 Å². The van der Waals surface area contributed by atoms with E-state index in [0.29, 0.717) is 5.69 Å². The Morgan fingerprint density at radius 2 is 1.71 bits per heavy atom. The first-order valence-electron chi connectivity index (χ1n) is 5.58. The van der Waals surface area contributed by atoms with Crippen LogP contribution in [-0.2, 0) is 10.0 Å². The molecule has 0 saturated heterocycles. The lowest BCUT2D eigenvalue weighted by Crippen LogP contribution is -2.19. The fourth-order valence-electron chi connectivity index (χ4n) is 1.49. The molecular formula is C12H19NO3S. The van der Waals surface area contributed by atoms with Crippen LogP contribution in [0.4, 0.5) is 5.69 Å². The number of rotatable bonds is 5. The molecule has 5 heteroatoms. The molecule has 0 heterocycles. The predicted octanol–water partition coefficient (Wildman–Crippen LogP) is 2.14. The molecule has 0 bridgehead atoms. The lowest BCUT2D eigenvalue weighted by atomic mass is 10.1. The van der Waals surface area contributed by atoms with Gasteiger partial charge in [0.05, 0.1) is 11.9 Å². The van der Waals surface area contributed by atoms with Crippen molar-refractivity contribution in [2.75, 3.05) is 10.5 Å². The van der Waals surface area contributed by atoms with E-state index in [1.54, 1.807) is 31.2 Å². The van der Waals surface area contributed by atoms with Crippen LogP contribution in [0, 0.1) is 5.92 Å². The van der Waals surface area contributed by atoms with Gasteiger partial charge in [0.2, 0.25) is 10.0 Å². The summed E-state index contributed by atoms with van der Waals surface area (Å²) < 4.78 is 25.8. The third-order valence-corrected chi connectivity index (χ3v) is 3.87. The predicted molar refractivity (Wildman–Crippen MR) is 69.3 cm³/mol. The molecule has 0 aromatic heterocycles. The minimum absolute atomic E-state index is 0.0873. The molecule has 0 aliphatic carbocycles. The highest BCUT2D eigenvalue weighted by atomic mass is 32.2. The van der Waals surface area contributed by atoms with Crippen molar-refractivity contribution in [3.8, 4) is 0 Å². The fourth-order valence-corrected chi connectivity index (χ4v) is 2.95. The van der Waals surface area contributed by atoms with Crippen molar-refractivity contribution >= 4 is 15.7 Å². The molecule has 4 nitrogen and oxygen atoms in total. The molecule has 0 spiro atoms. The topological polar surface area (TPSA) is 66.4 Å². The van der Waals surface area contributed by atoms with E-state index >= 15 is 0 Å². The van der Waals surface area contributed by atoms with E-state index in [-0.39, 0.29) is 11.7 Å². The fraction of sp³-hybridized carbons (Fsp3) is 0.500. The number of nitrogens with one attached hydrogen (secondary N) is 1. The molecule has 1 rings (SSSR count). The monoisotopic (exact) mass is 257 g/mol. The second kappa shape index (κ2) is 5.51. The summed E-state index contributed by atoms with van der Waals surface area (Å²) in [5, 5.41) is 9.33. The minimum Gasteiger partial charge on any atom is -0.389 e. The van der Waals surface area contributed by atoms with Crippen molar-refractivity contribution in [1.82, 2.24) is 0 Å². The second-order valence-electron chi connectivity index (χ2n) is 4.58. The van der Waals surface area contributed by atoms with Gasteiger partial charge in [-0.05, 0) is 30.5 Å².